The first-order valence-corrected chi connectivity index (χ1v) is 7.55. The molecule has 3 nitrogen and oxygen atoms in total. The Balaban J connectivity index is 3.83. The lowest BCUT2D eigenvalue weighted by Crippen LogP contribution is -2.10. The summed E-state index contributed by atoms with van der Waals surface area (Å²) in [6, 6.07) is 0. The zero-order valence-corrected chi connectivity index (χ0v) is 14.2. The monoisotopic (exact) mass is 294 g/mol. The van der Waals surface area contributed by atoms with Crippen molar-refractivity contribution in [2.75, 3.05) is 20.3 Å². The second-order valence-electron chi connectivity index (χ2n) is 5.55. The highest BCUT2D eigenvalue weighted by atomic mass is 16.6. The van der Waals surface area contributed by atoms with E-state index < -0.39 is 0 Å². The van der Waals surface area contributed by atoms with Crippen LogP contribution in [-0.2, 0) is 14.3 Å². The van der Waals surface area contributed by atoms with Gasteiger partial charge >= 0.3 is 5.97 Å². The molecule has 0 saturated heterocycles. The van der Waals surface area contributed by atoms with Crippen LogP contribution in [-0.4, -0.2) is 26.3 Å². The minimum Gasteiger partial charge on any atom is -0.467 e. The minimum absolute atomic E-state index is 0.0175. The van der Waals surface area contributed by atoms with E-state index in [4.69, 9.17) is 4.74 Å². The van der Waals surface area contributed by atoms with Gasteiger partial charge in [0.25, 0.3) is 0 Å². The van der Waals surface area contributed by atoms with Crippen molar-refractivity contribution in [3.05, 3.63) is 34.9 Å². The normalized spacial score (nSPS) is 12.2. The first kappa shape index (κ1) is 19.7. The van der Waals surface area contributed by atoms with E-state index in [1.165, 1.54) is 23.8 Å². The van der Waals surface area contributed by atoms with Crippen molar-refractivity contribution in [3.8, 4) is 0 Å². The summed E-state index contributed by atoms with van der Waals surface area (Å²) in [5.41, 5.74) is 4.11. The molecule has 0 aliphatic rings. The number of rotatable bonds is 10. The van der Waals surface area contributed by atoms with Crippen LogP contribution in [0.15, 0.2) is 34.9 Å². The molecule has 21 heavy (non-hydrogen) atoms. The lowest BCUT2D eigenvalue weighted by atomic mass is 10.1. The molecule has 0 fully saturated rings. The molecule has 120 valence electrons. The molecule has 0 aromatic rings. The summed E-state index contributed by atoms with van der Waals surface area (Å²) in [4.78, 5) is 10.9. The summed E-state index contributed by atoms with van der Waals surface area (Å²) in [6.07, 6.45) is 11.0. The van der Waals surface area contributed by atoms with E-state index in [0.29, 0.717) is 6.61 Å². The maximum atomic E-state index is 10.9. The largest absolute Gasteiger partial charge is 0.467 e. The maximum absolute atomic E-state index is 10.9. The summed E-state index contributed by atoms with van der Waals surface area (Å²) in [6.45, 7) is 9.03. The van der Waals surface area contributed by atoms with Crippen molar-refractivity contribution >= 4 is 5.97 Å². The van der Waals surface area contributed by atoms with Crippen LogP contribution in [0.3, 0.4) is 0 Å². The first-order valence-electron chi connectivity index (χ1n) is 7.55. The minimum atomic E-state index is -0.337. The third-order valence-corrected chi connectivity index (χ3v) is 3.12. The van der Waals surface area contributed by atoms with E-state index in [0.717, 1.165) is 25.7 Å². The summed E-state index contributed by atoms with van der Waals surface area (Å²) in [5, 5.41) is 0. The molecule has 0 spiro atoms. The summed E-state index contributed by atoms with van der Waals surface area (Å²) >= 11 is 0. The Labute approximate surface area is 129 Å². The number of ether oxygens (including phenoxy) is 2. The number of methoxy groups -OCH3 is 1. The molecule has 0 aromatic carbocycles. The van der Waals surface area contributed by atoms with Gasteiger partial charge in [-0.3, -0.25) is 0 Å². The summed E-state index contributed by atoms with van der Waals surface area (Å²) in [7, 11) is 1.36. The second-order valence-corrected chi connectivity index (χ2v) is 5.55. The van der Waals surface area contributed by atoms with Gasteiger partial charge in [0.2, 0.25) is 0 Å². The molecular formula is C18H30O3. The Bertz CT molecular complexity index is 385. The summed E-state index contributed by atoms with van der Waals surface area (Å²) < 4.78 is 9.69. The molecule has 0 saturated carbocycles. The number of esters is 1. The van der Waals surface area contributed by atoms with Gasteiger partial charge in [-0.2, -0.15) is 0 Å². The standard InChI is InChI=1S/C18H30O3/c1-15(2)8-6-9-16(3)10-7-11-17(4)12-13-21-14-18(19)20-5/h8,10,12H,6-7,9,11,13-14H2,1-5H3. The van der Waals surface area contributed by atoms with Crippen molar-refractivity contribution < 1.29 is 14.3 Å². The van der Waals surface area contributed by atoms with Gasteiger partial charge in [-0.25, -0.2) is 4.79 Å². The SMILES string of the molecule is COC(=O)COCC=C(C)CCC=C(C)CCC=C(C)C. The Hall–Kier alpha value is -1.35. The van der Waals surface area contributed by atoms with Crippen molar-refractivity contribution in [2.24, 2.45) is 0 Å². The van der Waals surface area contributed by atoms with E-state index in [2.05, 4.69) is 44.6 Å². The topological polar surface area (TPSA) is 35.5 Å². The first-order chi connectivity index (χ1) is 9.95. The third kappa shape index (κ3) is 13.4. The lowest BCUT2D eigenvalue weighted by Gasteiger charge is -2.02. The zero-order valence-electron chi connectivity index (χ0n) is 14.2. The second kappa shape index (κ2) is 12.4. The predicted octanol–water partition coefficient (Wildman–Crippen LogP) is 4.60. The van der Waals surface area contributed by atoms with Gasteiger partial charge in [-0.05, 0) is 53.4 Å². The molecule has 0 aromatic heterocycles. The van der Waals surface area contributed by atoms with Gasteiger partial charge in [-0.1, -0.05) is 34.9 Å². The highest BCUT2D eigenvalue weighted by molar-refractivity contribution is 5.70. The fourth-order valence-electron chi connectivity index (χ4n) is 1.74. The van der Waals surface area contributed by atoms with Crippen molar-refractivity contribution in [3.63, 3.8) is 0 Å². The molecule has 0 bridgehead atoms. The van der Waals surface area contributed by atoms with Crippen LogP contribution in [0, 0.1) is 0 Å². The number of hydrogen-bond donors (Lipinski definition) is 0. The molecule has 0 aliphatic carbocycles. The van der Waals surface area contributed by atoms with Gasteiger partial charge < -0.3 is 9.47 Å². The highest BCUT2D eigenvalue weighted by Crippen LogP contribution is 2.11. The molecular weight excluding hydrogens is 264 g/mol. The highest BCUT2D eigenvalue weighted by Gasteiger charge is 1.97. The molecule has 0 atom stereocenters. The van der Waals surface area contributed by atoms with Crippen LogP contribution in [0.1, 0.15) is 53.4 Å². The van der Waals surface area contributed by atoms with Gasteiger partial charge in [0.05, 0.1) is 13.7 Å². The van der Waals surface area contributed by atoms with Crippen molar-refractivity contribution in [1.82, 2.24) is 0 Å². The summed E-state index contributed by atoms with van der Waals surface area (Å²) in [5.74, 6) is -0.337. The lowest BCUT2D eigenvalue weighted by molar-refractivity contribution is -0.145. The Morgan fingerprint density at radius 3 is 2.05 bits per heavy atom. The van der Waals surface area contributed by atoms with E-state index in [1.54, 1.807) is 0 Å². The van der Waals surface area contributed by atoms with E-state index >= 15 is 0 Å². The van der Waals surface area contributed by atoms with Crippen molar-refractivity contribution in [1.29, 1.82) is 0 Å². The fourth-order valence-corrected chi connectivity index (χ4v) is 1.74. The Morgan fingerprint density at radius 2 is 1.48 bits per heavy atom. The number of allylic oxidation sites excluding steroid dienone is 5. The molecule has 0 unspecified atom stereocenters. The maximum Gasteiger partial charge on any atom is 0.331 e. The van der Waals surface area contributed by atoms with Gasteiger partial charge in [0.1, 0.15) is 6.61 Å². The van der Waals surface area contributed by atoms with Crippen molar-refractivity contribution in [2.45, 2.75) is 53.4 Å². The molecule has 0 radical (unpaired) electrons. The number of carbonyl (C=O) groups is 1. The third-order valence-electron chi connectivity index (χ3n) is 3.12. The molecule has 0 aliphatic heterocycles. The predicted molar refractivity (Wildman–Crippen MR) is 88.2 cm³/mol. The molecule has 0 heterocycles. The van der Waals surface area contributed by atoms with Crippen LogP contribution in [0.5, 0.6) is 0 Å². The van der Waals surface area contributed by atoms with Gasteiger partial charge in [0, 0.05) is 0 Å². The number of hydrogen-bond acceptors (Lipinski definition) is 3. The average Bonchev–Trinajstić information content (AvgIpc) is 2.42. The Kier molecular flexibility index (Phi) is 11.6. The van der Waals surface area contributed by atoms with Gasteiger partial charge in [-0.15, -0.1) is 0 Å². The molecule has 0 N–H and O–H groups in total. The number of carbonyl (C=O) groups excluding carboxylic acids is 1. The molecule has 3 heteroatoms. The van der Waals surface area contributed by atoms with Crippen LogP contribution in [0.25, 0.3) is 0 Å². The van der Waals surface area contributed by atoms with Crippen LogP contribution in [0.2, 0.25) is 0 Å². The van der Waals surface area contributed by atoms with Crippen LogP contribution in [0.4, 0.5) is 0 Å². The Morgan fingerprint density at radius 1 is 0.905 bits per heavy atom. The molecule has 0 rings (SSSR count). The fraction of sp³-hybridized carbons (Fsp3) is 0.611. The van der Waals surface area contributed by atoms with Crippen LogP contribution < -0.4 is 0 Å². The quantitative estimate of drug-likeness (QED) is 0.336. The van der Waals surface area contributed by atoms with Crippen LogP contribution >= 0.6 is 0 Å². The van der Waals surface area contributed by atoms with E-state index in [-0.39, 0.29) is 12.6 Å². The van der Waals surface area contributed by atoms with E-state index in [1.807, 2.05) is 6.08 Å². The van der Waals surface area contributed by atoms with Gasteiger partial charge in [0.15, 0.2) is 0 Å². The van der Waals surface area contributed by atoms with E-state index in [9.17, 15) is 4.79 Å². The molecule has 0 amide bonds. The zero-order chi connectivity index (χ0) is 16.1. The smallest absolute Gasteiger partial charge is 0.331 e. The average molecular weight is 294 g/mol.